The van der Waals surface area contributed by atoms with Crippen LogP contribution in [0.5, 0.6) is 0 Å². The lowest BCUT2D eigenvalue weighted by atomic mass is 10.0. The van der Waals surface area contributed by atoms with Crippen LogP contribution >= 0.6 is 0 Å². The molecule has 1 aromatic carbocycles. The Morgan fingerprint density at radius 3 is 2.76 bits per heavy atom. The highest BCUT2D eigenvalue weighted by Crippen LogP contribution is 2.30. The van der Waals surface area contributed by atoms with E-state index in [2.05, 4.69) is 31.0 Å². The van der Waals surface area contributed by atoms with E-state index in [0.717, 1.165) is 28.7 Å². The van der Waals surface area contributed by atoms with Crippen LogP contribution in [-0.4, -0.2) is 29.4 Å². The van der Waals surface area contributed by atoms with Crippen molar-refractivity contribution >= 4 is 16.7 Å². The molecule has 0 saturated carbocycles. The molecule has 5 rings (SSSR count). The van der Waals surface area contributed by atoms with E-state index in [0.29, 0.717) is 5.82 Å². The summed E-state index contributed by atoms with van der Waals surface area (Å²) in [6, 6.07) is 6.56. The number of halogens is 1. The molecule has 1 aliphatic heterocycles. The van der Waals surface area contributed by atoms with Gasteiger partial charge < -0.3 is 0 Å². The van der Waals surface area contributed by atoms with Crippen LogP contribution < -0.4 is 10.9 Å². The first-order valence-corrected chi connectivity index (χ1v) is 7.98. The summed E-state index contributed by atoms with van der Waals surface area (Å²) < 4.78 is 16.5. The summed E-state index contributed by atoms with van der Waals surface area (Å²) in [6.07, 6.45) is 4.17. The Labute approximate surface area is 141 Å². The van der Waals surface area contributed by atoms with Crippen LogP contribution in [0.15, 0.2) is 36.8 Å². The minimum atomic E-state index is -0.235. The van der Waals surface area contributed by atoms with Crippen LogP contribution in [0, 0.1) is 5.82 Å². The number of hydrazine groups is 1. The number of fused-ring (bicyclic) bond motifs is 3. The molecule has 1 aliphatic rings. The number of hydrogen-bond acceptors (Lipinski definition) is 6. The van der Waals surface area contributed by atoms with Gasteiger partial charge in [-0.1, -0.05) is 12.1 Å². The molecule has 0 spiro atoms. The molecule has 9 heteroatoms. The minimum Gasteiger partial charge on any atom is -0.250 e. The normalized spacial score (nSPS) is 20.7. The first-order valence-electron chi connectivity index (χ1n) is 7.98. The number of hydrogen-bond donors (Lipinski definition) is 2. The first kappa shape index (κ1) is 14.4. The van der Waals surface area contributed by atoms with Crippen molar-refractivity contribution in [2.24, 2.45) is 7.05 Å². The van der Waals surface area contributed by atoms with Crippen molar-refractivity contribution in [3.05, 3.63) is 54.0 Å². The third-order valence-corrected chi connectivity index (χ3v) is 4.57. The Balaban J connectivity index is 1.47. The molecule has 2 atom stereocenters. The van der Waals surface area contributed by atoms with Crippen LogP contribution in [0.4, 0.5) is 4.39 Å². The average Bonchev–Trinajstić information content (AvgIpc) is 3.32. The zero-order valence-electron chi connectivity index (χ0n) is 13.4. The standard InChI is InChI=1S/C16H15FN8/c1-24-15-11(7-19-24)16-20-14(23-25(16)8-18-15)13-6-12(21-22-13)9-2-4-10(17)5-3-9/h2-5,7-8,12-13,21-22H,6H2,1H3. The van der Waals surface area contributed by atoms with Crippen LogP contribution in [0.2, 0.25) is 0 Å². The third kappa shape index (κ3) is 2.28. The lowest BCUT2D eigenvalue weighted by Crippen LogP contribution is -2.27. The van der Waals surface area contributed by atoms with Crippen LogP contribution in [0.3, 0.4) is 0 Å². The van der Waals surface area contributed by atoms with Crippen molar-refractivity contribution < 1.29 is 4.39 Å². The van der Waals surface area contributed by atoms with Gasteiger partial charge in [-0.3, -0.25) is 4.68 Å². The highest BCUT2D eigenvalue weighted by molar-refractivity contribution is 5.88. The van der Waals surface area contributed by atoms with Crippen molar-refractivity contribution in [2.45, 2.75) is 18.5 Å². The quantitative estimate of drug-likeness (QED) is 0.575. The highest BCUT2D eigenvalue weighted by atomic mass is 19.1. The summed E-state index contributed by atoms with van der Waals surface area (Å²) in [7, 11) is 1.85. The summed E-state index contributed by atoms with van der Waals surface area (Å²) in [5, 5.41) is 9.63. The van der Waals surface area contributed by atoms with Gasteiger partial charge in [-0.2, -0.15) is 5.10 Å². The molecule has 4 heterocycles. The SMILES string of the molecule is Cn1ncc2c1ncn1nc(C3CC(c4ccc(F)cc4)NN3)nc21. The molecule has 25 heavy (non-hydrogen) atoms. The Kier molecular flexibility index (Phi) is 3.06. The lowest BCUT2D eigenvalue weighted by molar-refractivity contribution is 0.540. The Morgan fingerprint density at radius 1 is 1.12 bits per heavy atom. The maximum Gasteiger partial charge on any atom is 0.170 e. The summed E-state index contributed by atoms with van der Waals surface area (Å²) in [5.41, 5.74) is 8.99. The number of benzene rings is 1. The van der Waals surface area contributed by atoms with Crippen molar-refractivity contribution in [1.29, 1.82) is 0 Å². The second kappa shape index (κ2) is 5.30. The van der Waals surface area contributed by atoms with Crippen LogP contribution in [0.1, 0.15) is 29.9 Å². The Morgan fingerprint density at radius 2 is 1.92 bits per heavy atom. The topological polar surface area (TPSA) is 85.0 Å². The maximum atomic E-state index is 13.1. The fraction of sp³-hybridized carbons (Fsp3) is 0.250. The number of rotatable bonds is 2. The van der Waals surface area contributed by atoms with E-state index < -0.39 is 0 Å². The molecule has 4 aromatic rings. The molecule has 0 aliphatic carbocycles. The van der Waals surface area contributed by atoms with Crippen molar-refractivity contribution in [3.8, 4) is 0 Å². The van der Waals surface area contributed by atoms with Gasteiger partial charge in [0.25, 0.3) is 0 Å². The van der Waals surface area contributed by atoms with E-state index in [9.17, 15) is 4.39 Å². The summed E-state index contributed by atoms with van der Waals surface area (Å²) in [4.78, 5) is 9.04. The molecule has 126 valence electrons. The summed E-state index contributed by atoms with van der Waals surface area (Å²) in [6.45, 7) is 0. The molecule has 0 bridgehead atoms. The first-order chi connectivity index (χ1) is 12.2. The number of aromatic nitrogens is 6. The zero-order valence-corrected chi connectivity index (χ0v) is 13.4. The fourth-order valence-corrected chi connectivity index (χ4v) is 3.24. The largest absolute Gasteiger partial charge is 0.250 e. The monoisotopic (exact) mass is 338 g/mol. The number of aryl methyl sites for hydroxylation is 1. The van der Waals surface area contributed by atoms with Crippen molar-refractivity contribution in [3.63, 3.8) is 0 Å². The van der Waals surface area contributed by atoms with Crippen molar-refractivity contribution in [1.82, 2.24) is 40.2 Å². The van der Waals surface area contributed by atoms with E-state index in [1.807, 2.05) is 7.05 Å². The molecule has 2 N–H and O–H groups in total. The highest BCUT2D eigenvalue weighted by Gasteiger charge is 2.29. The molecule has 1 saturated heterocycles. The minimum absolute atomic E-state index is 0.0401. The van der Waals surface area contributed by atoms with E-state index in [4.69, 9.17) is 0 Å². The lowest BCUT2D eigenvalue weighted by Gasteiger charge is -2.08. The smallest absolute Gasteiger partial charge is 0.170 e. The molecule has 3 aromatic heterocycles. The molecule has 2 unspecified atom stereocenters. The predicted octanol–water partition coefficient (Wildman–Crippen LogP) is 1.43. The second-order valence-electron chi connectivity index (χ2n) is 6.17. The Bertz CT molecular complexity index is 1070. The van der Waals surface area contributed by atoms with Crippen molar-refractivity contribution in [2.75, 3.05) is 0 Å². The van der Waals surface area contributed by atoms with Gasteiger partial charge in [-0.25, -0.2) is 29.7 Å². The van der Waals surface area contributed by atoms with E-state index >= 15 is 0 Å². The number of nitrogens with zero attached hydrogens (tertiary/aromatic N) is 6. The fourth-order valence-electron chi connectivity index (χ4n) is 3.24. The molecule has 8 nitrogen and oxygen atoms in total. The summed E-state index contributed by atoms with van der Waals surface area (Å²) >= 11 is 0. The summed E-state index contributed by atoms with van der Waals surface area (Å²) in [5.74, 6) is 0.455. The molecule has 0 amide bonds. The van der Waals surface area contributed by atoms with Gasteiger partial charge in [0.05, 0.1) is 17.6 Å². The number of nitrogens with one attached hydrogen (secondary N) is 2. The third-order valence-electron chi connectivity index (χ3n) is 4.57. The van der Waals surface area contributed by atoms with Crippen LogP contribution in [0.25, 0.3) is 16.7 Å². The molecule has 1 fully saturated rings. The average molecular weight is 338 g/mol. The van der Waals surface area contributed by atoms with Gasteiger partial charge in [-0.05, 0) is 24.1 Å². The molecular formula is C16H15FN8. The van der Waals surface area contributed by atoms with Gasteiger partial charge >= 0.3 is 0 Å². The van der Waals surface area contributed by atoms with E-state index in [-0.39, 0.29) is 17.9 Å². The van der Waals surface area contributed by atoms with Gasteiger partial charge in [-0.15, -0.1) is 5.10 Å². The van der Waals surface area contributed by atoms with Gasteiger partial charge in [0.15, 0.2) is 17.1 Å². The second-order valence-corrected chi connectivity index (χ2v) is 6.17. The Hall–Kier alpha value is -2.91. The maximum absolute atomic E-state index is 13.1. The molecule has 0 radical (unpaired) electrons. The van der Waals surface area contributed by atoms with E-state index in [1.54, 1.807) is 33.9 Å². The van der Waals surface area contributed by atoms with E-state index in [1.165, 1.54) is 12.1 Å². The van der Waals surface area contributed by atoms with Crippen LogP contribution in [-0.2, 0) is 7.05 Å². The molecular weight excluding hydrogens is 323 g/mol. The van der Waals surface area contributed by atoms with Gasteiger partial charge in [0.2, 0.25) is 0 Å². The van der Waals surface area contributed by atoms with Gasteiger partial charge in [0.1, 0.15) is 12.1 Å². The predicted molar refractivity (Wildman–Crippen MR) is 87.8 cm³/mol. The van der Waals surface area contributed by atoms with Gasteiger partial charge in [0, 0.05) is 13.1 Å². The zero-order chi connectivity index (χ0) is 17.0.